The summed E-state index contributed by atoms with van der Waals surface area (Å²) in [6, 6.07) is 3.84. The van der Waals surface area contributed by atoms with Crippen LogP contribution >= 0.6 is 11.6 Å². The number of nitrogens with one attached hydrogen (secondary N) is 1. The first-order valence-corrected chi connectivity index (χ1v) is 9.53. The normalized spacial score (nSPS) is 21.8. The molecule has 0 bridgehead atoms. The van der Waals surface area contributed by atoms with Gasteiger partial charge in [0.1, 0.15) is 5.82 Å². The second-order valence-electron chi connectivity index (χ2n) is 7.36. The molecule has 1 aliphatic rings. The van der Waals surface area contributed by atoms with Crippen molar-refractivity contribution < 1.29 is 4.39 Å². The van der Waals surface area contributed by atoms with Gasteiger partial charge >= 0.3 is 0 Å². The van der Waals surface area contributed by atoms with Crippen LogP contribution in [0.4, 0.5) is 4.39 Å². The summed E-state index contributed by atoms with van der Waals surface area (Å²) in [5, 5.41) is 0.612. The van der Waals surface area contributed by atoms with Crippen molar-refractivity contribution in [2.24, 2.45) is 5.92 Å². The Morgan fingerprint density at radius 3 is 2.77 bits per heavy atom. The number of rotatable bonds is 3. The van der Waals surface area contributed by atoms with Gasteiger partial charge in [-0.15, -0.1) is 0 Å². The molecule has 3 aromatic rings. The number of pyridine rings is 2. The molecule has 6 heteroatoms. The standard InChI is InChI=1S/C20H22ClFN4/c1-11(19-25-17-9-15(21)10-24-20(17)26-19)13-3-5-14(6-4-13)16-7-8-23-18(22)12(16)2/h7-11,13-14H,3-6H2,1-2H3,(H,24,25,26). The van der Waals surface area contributed by atoms with Crippen LogP contribution in [0.15, 0.2) is 24.5 Å². The van der Waals surface area contributed by atoms with Gasteiger partial charge < -0.3 is 4.98 Å². The topological polar surface area (TPSA) is 54.5 Å². The van der Waals surface area contributed by atoms with Crippen molar-refractivity contribution in [3.05, 3.63) is 52.4 Å². The zero-order valence-corrected chi connectivity index (χ0v) is 15.7. The Morgan fingerprint density at radius 1 is 1.23 bits per heavy atom. The minimum Gasteiger partial charge on any atom is -0.340 e. The van der Waals surface area contributed by atoms with Crippen molar-refractivity contribution in [1.82, 2.24) is 19.9 Å². The zero-order valence-electron chi connectivity index (χ0n) is 15.0. The monoisotopic (exact) mass is 372 g/mol. The number of H-pyrrole nitrogens is 1. The lowest BCUT2D eigenvalue weighted by Crippen LogP contribution is -2.19. The van der Waals surface area contributed by atoms with Gasteiger partial charge in [-0.05, 0) is 62.1 Å². The smallest absolute Gasteiger partial charge is 0.216 e. The summed E-state index contributed by atoms with van der Waals surface area (Å²) in [6.07, 6.45) is 7.58. The molecular weight excluding hydrogens is 351 g/mol. The molecule has 1 atom stereocenters. The fourth-order valence-electron chi connectivity index (χ4n) is 4.23. The number of fused-ring (bicyclic) bond motifs is 1. The predicted octanol–water partition coefficient (Wildman–Crippen LogP) is 5.53. The Kier molecular flexibility index (Phi) is 4.65. The molecule has 0 saturated heterocycles. The zero-order chi connectivity index (χ0) is 18.3. The maximum atomic E-state index is 13.8. The van der Waals surface area contributed by atoms with Gasteiger partial charge in [-0.1, -0.05) is 18.5 Å². The third kappa shape index (κ3) is 3.20. The predicted molar refractivity (Wildman–Crippen MR) is 101 cm³/mol. The first-order valence-electron chi connectivity index (χ1n) is 9.15. The number of aromatic nitrogens is 4. The van der Waals surface area contributed by atoms with E-state index < -0.39 is 0 Å². The van der Waals surface area contributed by atoms with Crippen LogP contribution < -0.4 is 0 Å². The van der Waals surface area contributed by atoms with Gasteiger partial charge in [0.05, 0.1) is 10.5 Å². The fourth-order valence-corrected chi connectivity index (χ4v) is 4.39. The highest BCUT2D eigenvalue weighted by atomic mass is 35.5. The number of imidazole rings is 1. The van der Waals surface area contributed by atoms with Gasteiger partial charge in [0.25, 0.3) is 0 Å². The van der Waals surface area contributed by atoms with E-state index in [0.29, 0.717) is 34.0 Å². The number of hydrogen-bond donors (Lipinski definition) is 1. The lowest BCUT2D eigenvalue weighted by Gasteiger charge is -2.32. The van der Waals surface area contributed by atoms with Gasteiger partial charge in [0.15, 0.2) is 5.65 Å². The highest BCUT2D eigenvalue weighted by Gasteiger charge is 2.29. The molecular formula is C20H22ClFN4. The molecule has 0 spiro atoms. The third-order valence-corrected chi connectivity index (χ3v) is 6.06. The van der Waals surface area contributed by atoms with Crippen molar-refractivity contribution >= 4 is 22.8 Å². The van der Waals surface area contributed by atoms with E-state index in [1.807, 2.05) is 19.1 Å². The summed E-state index contributed by atoms with van der Waals surface area (Å²) in [5.74, 6) is 1.95. The van der Waals surface area contributed by atoms with E-state index >= 15 is 0 Å². The van der Waals surface area contributed by atoms with Crippen molar-refractivity contribution in [1.29, 1.82) is 0 Å². The van der Waals surface area contributed by atoms with E-state index in [4.69, 9.17) is 11.6 Å². The number of hydrogen-bond acceptors (Lipinski definition) is 3. The van der Waals surface area contributed by atoms with Gasteiger partial charge in [0, 0.05) is 23.9 Å². The molecule has 1 saturated carbocycles. The van der Waals surface area contributed by atoms with Gasteiger partial charge in [0.2, 0.25) is 5.95 Å². The maximum absolute atomic E-state index is 13.8. The Bertz CT molecular complexity index is 931. The molecule has 0 radical (unpaired) electrons. The van der Waals surface area contributed by atoms with E-state index in [9.17, 15) is 4.39 Å². The summed E-state index contributed by atoms with van der Waals surface area (Å²) in [7, 11) is 0. The van der Waals surface area contributed by atoms with E-state index in [1.54, 1.807) is 12.4 Å². The fraction of sp³-hybridized carbons (Fsp3) is 0.450. The summed E-state index contributed by atoms with van der Waals surface area (Å²) in [4.78, 5) is 16.1. The molecule has 0 amide bonds. The lowest BCUT2D eigenvalue weighted by molar-refractivity contribution is 0.285. The first kappa shape index (κ1) is 17.4. The van der Waals surface area contributed by atoms with Crippen LogP contribution in [0.2, 0.25) is 5.02 Å². The molecule has 1 unspecified atom stereocenters. The van der Waals surface area contributed by atoms with Crippen molar-refractivity contribution in [3.63, 3.8) is 0 Å². The van der Waals surface area contributed by atoms with Gasteiger partial charge in [-0.25, -0.2) is 15.0 Å². The second kappa shape index (κ2) is 6.95. The minimum atomic E-state index is -0.341. The van der Waals surface area contributed by atoms with Crippen LogP contribution in [0.3, 0.4) is 0 Å². The largest absolute Gasteiger partial charge is 0.340 e. The van der Waals surface area contributed by atoms with Crippen molar-refractivity contribution in [3.8, 4) is 0 Å². The summed E-state index contributed by atoms with van der Waals surface area (Å²) in [5.41, 5.74) is 3.42. The quantitative estimate of drug-likeness (QED) is 0.615. The summed E-state index contributed by atoms with van der Waals surface area (Å²) >= 11 is 6.01. The Labute approximate surface area is 157 Å². The molecule has 3 aromatic heterocycles. The molecule has 4 nitrogen and oxygen atoms in total. The number of nitrogens with zero attached hydrogens (tertiary/aromatic N) is 3. The van der Waals surface area contributed by atoms with Crippen LogP contribution in [0.1, 0.15) is 61.4 Å². The molecule has 4 rings (SSSR count). The minimum absolute atomic E-state index is 0.333. The van der Waals surface area contributed by atoms with E-state index in [2.05, 4.69) is 26.9 Å². The molecule has 1 aliphatic carbocycles. The van der Waals surface area contributed by atoms with E-state index in [-0.39, 0.29) is 5.95 Å². The molecule has 3 heterocycles. The third-order valence-electron chi connectivity index (χ3n) is 5.86. The van der Waals surface area contributed by atoms with Crippen molar-refractivity contribution in [2.75, 3.05) is 0 Å². The average Bonchev–Trinajstić information content (AvgIpc) is 3.07. The summed E-state index contributed by atoms with van der Waals surface area (Å²) in [6.45, 7) is 4.06. The van der Waals surface area contributed by atoms with Crippen molar-refractivity contribution in [2.45, 2.75) is 51.4 Å². The van der Waals surface area contributed by atoms with Crippen LogP contribution in [-0.2, 0) is 0 Å². The Morgan fingerprint density at radius 2 is 2.00 bits per heavy atom. The Balaban J connectivity index is 1.47. The molecule has 0 aromatic carbocycles. The van der Waals surface area contributed by atoms with Crippen LogP contribution in [0.5, 0.6) is 0 Å². The number of aromatic amines is 1. The highest BCUT2D eigenvalue weighted by molar-refractivity contribution is 6.31. The highest BCUT2D eigenvalue weighted by Crippen LogP contribution is 2.42. The molecule has 26 heavy (non-hydrogen) atoms. The first-order chi connectivity index (χ1) is 12.5. The summed E-state index contributed by atoms with van der Waals surface area (Å²) < 4.78 is 13.8. The molecule has 1 N–H and O–H groups in total. The van der Waals surface area contributed by atoms with E-state index in [1.165, 1.54) is 0 Å². The average molecular weight is 373 g/mol. The molecule has 0 aliphatic heterocycles. The van der Waals surface area contributed by atoms with E-state index in [0.717, 1.165) is 42.6 Å². The van der Waals surface area contributed by atoms with Gasteiger partial charge in [-0.2, -0.15) is 4.39 Å². The van der Waals surface area contributed by atoms with Gasteiger partial charge in [-0.3, -0.25) is 0 Å². The van der Waals surface area contributed by atoms with Crippen LogP contribution in [0, 0.1) is 18.8 Å². The molecule has 1 fully saturated rings. The SMILES string of the molecule is Cc1c(C2CCC(C(C)c3nc4ncc(Cl)cc4[nH]3)CC2)ccnc1F. The van der Waals surface area contributed by atoms with Crippen LogP contribution in [0.25, 0.3) is 11.2 Å². The van der Waals surface area contributed by atoms with Crippen LogP contribution in [-0.4, -0.2) is 19.9 Å². The lowest BCUT2D eigenvalue weighted by atomic mass is 9.73. The Hall–Kier alpha value is -2.01. The second-order valence-corrected chi connectivity index (χ2v) is 7.80. The maximum Gasteiger partial charge on any atom is 0.216 e. The molecule has 136 valence electrons. The number of halogens is 2.